The third-order valence-corrected chi connectivity index (χ3v) is 9.32. The number of benzene rings is 4. The maximum absolute atomic E-state index is 14.2. The zero-order valence-corrected chi connectivity index (χ0v) is 27.6. The molecule has 0 bridgehead atoms. The van der Waals surface area contributed by atoms with Gasteiger partial charge in [-0.15, -0.1) is 11.8 Å². The summed E-state index contributed by atoms with van der Waals surface area (Å²) < 4.78 is 32.4. The maximum atomic E-state index is 14.2. The van der Waals surface area contributed by atoms with Crippen LogP contribution in [0, 0.1) is 5.82 Å². The van der Waals surface area contributed by atoms with Crippen molar-refractivity contribution < 1.29 is 23.4 Å². The number of halogens is 1. The van der Waals surface area contributed by atoms with Crippen LogP contribution in [-0.2, 0) is 16.1 Å². The lowest BCUT2D eigenvalue weighted by Crippen LogP contribution is -2.40. The minimum Gasteiger partial charge on any atom is -0.493 e. The number of carbonyl (C=O) groups is 1. The van der Waals surface area contributed by atoms with Crippen LogP contribution in [-0.4, -0.2) is 30.5 Å². The van der Waals surface area contributed by atoms with Crippen molar-refractivity contribution in [2.24, 2.45) is 4.99 Å². The van der Waals surface area contributed by atoms with Crippen LogP contribution in [0.3, 0.4) is 0 Å². The molecule has 5 aromatic rings. The number of thioether (sulfide) groups is 1. The Bertz CT molecular complexity index is 2120. The third-order valence-electron chi connectivity index (χ3n) is 7.60. The Balaban J connectivity index is 1.46. The summed E-state index contributed by atoms with van der Waals surface area (Å²) in [6.07, 6.45) is 3.77. The largest absolute Gasteiger partial charge is 0.493 e. The Hall–Kier alpha value is -4.93. The minimum absolute atomic E-state index is 0.179. The second-order valence-corrected chi connectivity index (χ2v) is 12.4. The summed E-state index contributed by atoms with van der Waals surface area (Å²) in [5.41, 5.74) is 3.55. The minimum atomic E-state index is -0.754. The predicted molar refractivity (Wildman–Crippen MR) is 183 cm³/mol. The summed E-state index contributed by atoms with van der Waals surface area (Å²) in [6, 6.07) is 28.0. The molecule has 7 nitrogen and oxygen atoms in total. The van der Waals surface area contributed by atoms with Gasteiger partial charge in [0.1, 0.15) is 12.4 Å². The summed E-state index contributed by atoms with van der Waals surface area (Å²) in [4.78, 5) is 34.3. The predicted octanol–water partition coefficient (Wildman–Crippen LogP) is 6.38. The van der Waals surface area contributed by atoms with Gasteiger partial charge in [0.2, 0.25) is 0 Å². The molecule has 0 fully saturated rings. The van der Waals surface area contributed by atoms with Crippen LogP contribution >= 0.6 is 23.1 Å². The molecule has 0 aliphatic carbocycles. The number of methoxy groups -OCH3 is 1. The van der Waals surface area contributed by atoms with Gasteiger partial charge in [0, 0.05) is 10.5 Å². The zero-order valence-electron chi connectivity index (χ0n) is 25.9. The summed E-state index contributed by atoms with van der Waals surface area (Å²) in [5, 5.41) is 0. The van der Waals surface area contributed by atoms with E-state index in [1.807, 2.05) is 66.9 Å². The maximum Gasteiger partial charge on any atom is 0.338 e. The molecule has 0 N–H and O–H groups in total. The van der Waals surface area contributed by atoms with Gasteiger partial charge in [0.15, 0.2) is 16.3 Å². The molecule has 0 saturated heterocycles. The highest BCUT2D eigenvalue weighted by molar-refractivity contribution is 7.98. The number of thiazole rings is 1. The Kier molecular flexibility index (Phi) is 9.70. The van der Waals surface area contributed by atoms with Crippen LogP contribution in [0.15, 0.2) is 117 Å². The molecule has 0 saturated carbocycles. The Morgan fingerprint density at radius 3 is 2.43 bits per heavy atom. The Morgan fingerprint density at radius 1 is 1.00 bits per heavy atom. The van der Waals surface area contributed by atoms with Crippen LogP contribution in [0.25, 0.3) is 11.8 Å². The monoisotopic (exact) mass is 666 g/mol. The molecule has 0 radical (unpaired) electrons. The first-order valence-corrected chi connectivity index (χ1v) is 16.9. The third kappa shape index (κ3) is 6.79. The van der Waals surface area contributed by atoms with Gasteiger partial charge in [-0.2, -0.15) is 0 Å². The first-order valence-electron chi connectivity index (χ1n) is 14.9. The standard InChI is InChI=1S/C37H31FN2O5S2/c1-4-44-36(42)32-33(25-8-6-5-7-9-25)39-37-40(34(32)26-13-17-28(46-3)18-14-26)35(41)31(47-37)21-24-12-19-29(30(20-24)43-2)45-22-23-10-15-27(38)16-11-23/h5-21,34H,4,22H2,1-3H3/b31-21-/t34-/m1/s1. The van der Waals surface area contributed by atoms with Gasteiger partial charge < -0.3 is 14.2 Å². The fraction of sp³-hybridized carbons (Fsp3) is 0.162. The number of aromatic nitrogens is 1. The molecule has 1 aliphatic heterocycles. The normalized spacial score (nSPS) is 14.4. The van der Waals surface area contributed by atoms with Gasteiger partial charge in [0.05, 0.1) is 35.6 Å². The molecular weight excluding hydrogens is 636 g/mol. The summed E-state index contributed by atoms with van der Waals surface area (Å²) in [5.74, 6) is 0.158. The van der Waals surface area contributed by atoms with Crippen LogP contribution in [0.5, 0.6) is 11.5 Å². The number of ether oxygens (including phenoxy) is 3. The van der Waals surface area contributed by atoms with E-state index in [4.69, 9.17) is 19.2 Å². The second kappa shape index (κ2) is 14.2. The smallest absolute Gasteiger partial charge is 0.338 e. The lowest BCUT2D eigenvalue weighted by atomic mass is 9.93. The lowest BCUT2D eigenvalue weighted by Gasteiger charge is -2.26. The zero-order chi connectivity index (χ0) is 32.9. The molecule has 10 heteroatoms. The SMILES string of the molecule is CCOC(=O)C1=C(c2ccccc2)N=c2s/c(=C\c3ccc(OCc4ccc(F)cc4)c(OC)c3)c(=O)n2[C@@H]1c1ccc(SC)cc1. The molecule has 238 valence electrons. The highest BCUT2D eigenvalue weighted by Crippen LogP contribution is 2.36. The second-order valence-electron chi connectivity index (χ2n) is 10.5. The fourth-order valence-corrected chi connectivity index (χ4v) is 6.74. The van der Waals surface area contributed by atoms with Crippen molar-refractivity contribution in [3.05, 3.63) is 150 Å². The lowest BCUT2D eigenvalue weighted by molar-refractivity contribution is -0.138. The van der Waals surface area contributed by atoms with Gasteiger partial charge in [0.25, 0.3) is 5.56 Å². The number of rotatable bonds is 10. The number of hydrogen-bond acceptors (Lipinski definition) is 8. The summed E-state index contributed by atoms with van der Waals surface area (Å²) >= 11 is 2.86. The molecule has 1 aliphatic rings. The van der Waals surface area contributed by atoms with E-state index in [0.717, 1.165) is 27.1 Å². The quantitative estimate of drug-likeness (QED) is 0.127. The van der Waals surface area contributed by atoms with E-state index >= 15 is 0 Å². The highest BCUT2D eigenvalue weighted by atomic mass is 32.2. The molecule has 1 atom stereocenters. The number of fused-ring (bicyclic) bond motifs is 1. The molecule has 47 heavy (non-hydrogen) atoms. The van der Waals surface area contributed by atoms with Gasteiger partial charge in [-0.1, -0.05) is 72.0 Å². The van der Waals surface area contributed by atoms with Crippen molar-refractivity contribution in [3.63, 3.8) is 0 Å². The number of carbonyl (C=O) groups excluding carboxylic acids is 1. The van der Waals surface area contributed by atoms with Crippen molar-refractivity contribution in [2.45, 2.75) is 24.5 Å². The molecule has 2 heterocycles. The first-order chi connectivity index (χ1) is 22.9. The fourth-order valence-electron chi connectivity index (χ4n) is 5.33. The van der Waals surface area contributed by atoms with Crippen LogP contribution in [0.2, 0.25) is 0 Å². The Labute approximate surface area is 279 Å². The molecule has 0 spiro atoms. The molecule has 0 unspecified atom stereocenters. The van der Waals surface area contributed by atoms with Crippen LogP contribution in [0.1, 0.15) is 35.2 Å². The average molecular weight is 667 g/mol. The number of esters is 1. The van der Waals surface area contributed by atoms with E-state index in [1.54, 1.807) is 60.7 Å². The van der Waals surface area contributed by atoms with E-state index in [2.05, 4.69) is 0 Å². The van der Waals surface area contributed by atoms with Gasteiger partial charge >= 0.3 is 5.97 Å². The molecule has 0 amide bonds. The van der Waals surface area contributed by atoms with Crippen molar-refractivity contribution in [2.75, 3.05) is 20.0 Å². The van der Waals surface area contributed by atoms with Crippen molar-refractivity contribution in [3.8, 4) is 11.5 Å². The van der Waals surface area contributed by atoms with Crippen molar-refractivity contribution in [1.29, 1.82) is 0 Å². The van der Waals surface area contributed by atoms with E-state index in [-0.39, 0.29) is 24.6 Å². The molecule has 6 rings (SSSR count). The summed E-state index contributed by atoms with van der Waals surface area (Å²) in [6.45, 7) is 2.17. The first kappa shape index (κ1) is 32.0. The van der Waals surface area contributed by atoms with E-state index in [0.29, 0.717) is 32.1 Å². The Morgan fingerprint density at radius 2 is 1.74 bits per heavy atom. The van der Waals surface area contributed by atoms with Gasteiger partial charge in [-0.25, -0.2) is 14.2 Å². The van der Waals surface area contributed by atoms with Gasteiger partial charge in [-0.05, 0) is 72.3 Å². The van der Waals surface area contributed by atoms with Crippen LogP contribution < -0.4 is 24.4 Å². The molecular formula is C37H31FN2O5S2. The van der Waals surface area contributed by atoms with Crippen LogP contribution in [0.4, 0.5) is 4.39 Å². The number of hydrogen-bond donors (Lipinski definition) is 0. The number of nitrogens with zero attached hydrogens (tertiary/aromatic N) is 2. The van der Waals surface area contributed by atoms with E-state index < -0.39 is 12.0 Å². The van der Waals surface area contributed by atoms with E-state index in [9.17, 15) is 14.0 Å². The molecule has 1 aromatic heterocycles. The van der Waals surface area contributed by atoms with E-state index in [1.165, 1.54) is 23.5 Å². The van der Waals surface area contributed by atoms with Crippen molar-refractivity contribution in [1.82, 2.24) is 4.57 Å². The summed E-state index contributed by atoms with van der Waals surface area (Å²) in [7, 11) is 1.54. The van der Waals surface area contributed by atoms with Crippen molar-refractivity contribution >= 4 is 40.8 Å². The van der Waals surface area contributed by atoms with Gasteiger partial charge in [-0.3, -0.25) is 9.36 Å². The molecule has 4 aromatic carbocycles. The highest BCUT2D eigenvalue weighted by Gasteiger charge is 2.35. The topological polar surface area (TPSA) is 79.1 Å². The average Bonchev–Trinajstić information content (AvgIpc) is 3.41.